The van der Waals surface area contributed by atoms with Gasteiger partial charge in [0.15, 0.2) is 5.79 Å². The van der Waals surface area contributed by atoms with Gasteiger partial charge in [0.2, 0.25) is 0 Å². The van der Waals surface area contributed by atoms with E-state index in [1.165, 1.54) is 36.9 Å². The van der Waals surface area contributed by atoms with Crippen LogP contribution >= 0.6 is 0 Å². The summed E-state index contributed by atoms with van der Waals surface area (Å²) in [4.78, 5) is 4.65. The molecule has 4 heteroatoms. The summed E-state index contributed by atoms with van der Waals surface area (Å²) < 4.78 is 18.7. The quantitative estimate of drug-likeness (QED) is 0.520. The normalized spacial score (nSPS) is 27.5. The first-order chi connectivity index (χ1) is 16.6. The third kappa shape index (κ3) is 3.87. The van der Waals surface area contributed by atoms with Crippen molar-refractivity contribution in [2.75, 3.05) is 19.8 Å². The maximum Gasteiger partial charge on any atom is 0.168 e. The third-order valence-electron chi connectivity index (χ3n) is 9.31. The van der Waals surface area contributed by atoms with E-state index in [0.29, 0.717) is 17.8 Å². The fourth-order valence-electron chi connectivity index (χ4n) is 7.57. The second kappa shape index (κ2) is 8.95. The number of aromatic nitrogens is 1. The van der Waals surface area contributed by atoms with Crippen LogP contribution in [0.25, 0.3) is 0 Å². The average molecular weight is 462 g/mol. The molecule has 1 saturated carbocycles. The molecule has 6 rings (SSSR count). The van der Waals surface area contributed by atoms with Crippen LogP contribution in [-0.4, -0.2) is 30.6 Å². The maximum absolute atomic E-state index is 6.50. The zero-order valence-electron chi connectivity index (χ0n) is 20.9. The van der Waals surface area contributed by atoms with Crippen molar-refractivity contribution < 1.29 is 14.2 Å². The molecular weight excluding hydrogens is 422 g/mol. The second-order valence-electron chi connectivity index (χ2n) is 11.4. The summed E-state index contributed by atoms with van der Waals surface area (Å²) in [6.07, 6.45) is 12.3. The SMILES string of the molecule is C[C@@H](COc1ccnc2c1[C@H](C)CCC2)C[C@@H]1Cc2ccccc2C12CCC1(CC2)OCCO1. The van der Waals surface area contributed by atoms with Crippen LogP contribution in [-0.2, 0) is 27.7 Å². The zero-order valence-corrected chi connectivity index (χ0v) is 20.9. The predicted molar refractivity (Wildman–Crippen MR) is 133 cm³/mol. The van der Waals surface area contributed by atoms with Crippen LogP contribution in [0, 0.1) is 11.8 Å². The molecule has 34 heavy (non-hydrogen) atoms. The van der Waals surface area contributed by atoms with Gasteiger partial charge in [0, 0.05) is 30.3 Å². The lowest BCUT2D eigenvalue weighted by atomic mass is 9.62. The van der Waals surface area contributed by atoms with Crippen molar-refractivity contribution in [2.45, 2.75) is 88.8 Å². The Morgan fingerprint density at radius 1 is 1.09 bits per heavy atom. The van der Waals surface area contributed by atoms with Crippen LogP contribution in [0.2, 0.25) is 0 Å². The molecule has 2 fully saturated rings. The first kappa shape index (κ1) is 22.5. The first-order valence-corrected chi connectivity index (χ1v) is 13.6. The molecular formula is C30H39NO3. The van der Waals surface area contributed by atoms with Gasteiger partial charge in [-0.3, -0.25) is 4.98 Å². The van der Waals surface area contributed by atoms with Gasteiger partial charge in [-0.05, 0) is 85.3 Å². The summed E-state index contributed by atoms with van der Waals surface area (Å²) in [6, 6.07) is 11.3. The van der Waals surface area contributed by atoms with Crippen LogP contribution in [0.1, 0.15) is 87.1 Å². The van der Waals surface area contributed by atoms with E-state index < -0.39 is 0 Å². The van der Waals surface area contributed by atoms with Gasteiger partial charge < -0.3 is 14.2 Å². The largest absolute Gasteiger partial charge is 0.493 e. The van der Waals surface area contributed by atoms with E-state index in [2.05, 4.69) is 49.2 Å². The molecule has 0 amide bonds. The van der Waals surface area contributed by atoms with Gasteiger partial charge in [-0.25, -0.2) is 0 Å². The molecule has 4 nitrogen and oxygen atoms in total. The van der Waals surface area contributed by atoms with Crippen molar-refractivity contribution in [2.24, 2.45) is 11.8 Å². The van der Waals surface area contributed by atoms with Crippen LogP contribution < -0.4 is 4.74 Å². The standard InChI is InChI=1S/C30H39NO3/c1-21(20-32-27-10-15-31-26-9-5-6-22(2)28(26)27)18-24-19-23-7-3-4-8-25(23)29(24)11-13-30(14-12-29)33-16-17-34-30/h3-4,7-8,10,15,21-22,24H,5-6,9,11-14,16-20H2,1-2H3/t21-,22-,24-/m1/s1. The van der Waals surface area contributed by atoms with Crippen molar-refractivity contribution in [3.05, 3.63) is 58.9 Å². The van der Waals surface area contributed by atoms with Crippen LogP contribution in [0.5, 0.6) is 5.75 Å². The molecule has 0 bridgehead atoms. The first-order valence-electron chi connectivity index (χ1n) is 13.6. The Morgan fingerprint density at radius 2 is 1.88 bits per heavy atom. The highest BCUT2D eigenvalue weighted by Gasteiger charge is 2.53. The lowest BCUT2D eigenvalue weighted by molar-refractivity contribution is -0.187. The molecule has 3 aliphatic carbocycles. The number of pyridine rings is 1. The molecule has 1 saturated heterocycles. The molecule has 1 aromatic heterocycles. The number of benzene rings is 1. The number of rotatable bonds is 5. The van der Waals surface area contributed by atoms with Gasteiger partial charge in [-0.15, -0.1) is 0 Å². The molecule has 3 atom stereocenters. The Hall–Kier alpha value is -1.91. The topological polar surface area (TPSA) is 40.6 Å². The van der Waals surface area contributed by atoms with E-state index in [1.807, 2.05) is 6.20 Å². The number of hydrogen-bond donors (Lipinski definition) is 0. The molecule has 1 aromatic carbocycles. The Bertz CT molecular complexity index is 1020. The molecule has 2 aromatic rings. The Kier molecular flexibility index (Phi) is 5.93. The van der Waals surface area contributed by atoms with Crippen LogP contribution in [0.4, 0.5) is 0 Å². The monoisotopic (exact) mass is 461 g/mol. The summed E-state index contributed by atoms with van der Waals surface area (Å²) in [6.45, 7) is 6.98. The van der Waals surface area contributed by atoms with Gasteiger partial charge in [0.25, 0.3) is 0 Å². The molecule has 0 N–H and O–H groups in total. The van der Waals surface area contributed by atoms with E-state index in [-0.39, 0.29) is 11.2 Å². The van der Waals surface area contributed by atoms with E-state index in [1.54, 1.807) is 11.1 Å². The summed E-state index contributed by atoms with van der Waals surface area (Å²) in [5, 5.41) is 0. The molecule has 0 unspecified atom stereocenters. The minimum Gasteiger partial charge on any atom is -0.493 e. The minimum absolute atomic E-state index is 0.260. The molecule has 2 spiro atoms. The van der Waals surface area contributed by atoms with Crippen LogP contribution in [0.15, 0.2) is 36.5 Å². The summed E-state index contributed by atoms with van der Waals surface area (Å²) in [7, 11) is 0. The zero-order chi connectivity index (χ0) is 23.2. The van der Waals surface area contributed by atoms with E-state index in [4.69, 9.17) is 14.2 Å². The van der Waals surface area contributed by atoms with E-state index >= 15 is 0 Å². The highest BCUT2D eigenvalue weighted by atomic mass is 16.7. The van der Waals surface area contributed by atoms with Gasteiger partial charge in [0.05, 0.1) is 19.8 Å². The van der Waals surface area contributed by atoms with Crippen molar-refractivity contribution in [3.8, 4) is 5.75 Å². The summed E-state index contributed by atoms with van der Waals surface area (Å²) >= 11 is 0. The molecule has 182 valence electrons. The smallest absolute Gasteiger partial charge is 0.168 e. The number of ether oxygens (including phenoxy) is 3. The van der Waals surface area contributed by atoms with Gasteiger partial charge in [-0.1, -0.05) is 38.1 Å². The fraction of sp³-hybridized carbons (Fsp3) is 0.633. The summed E-state index contributed by atoms with van der Waals surface area (Å²) in [5.74, 6) is 2.48. The van der Waals surface area contributed by atoms with Gasteiger partial charge >= 0.3 is 0 Å². The Balaban J connectivity index is 1.17. The fourth-order valence-corrected chi connectivity index (χ4v) is 7.57. The number of hydrogen-bond acceptors (Lipinski definition) is 4. The van der Waals surface area contributed by atoms with Gasteiger partial charge in [0.1, 0.15) is 5.75 Å². The molecule has 1 aliphatic heterocycles. The molecule has 4 aliphatic rings. The number of aryl methyl sites for hydroxylation is 1. The third-order valence-corrected chi connectivity index (χ3v) is 9.31. The van der Waals surface area contributed by atoms with Crippen molar-refractivity contribution in [1.29, 1.82) is 0 Å². The summed E-state index contributed by atoms with van der Waals surface area (Å²) in [5.41, 5.74) is 6.02. The second-order valence-corrected chi connectivity index (χ2v) is 11.4. The van der Waals surface area contributed by atoms with Crippen molar-refractivity contribution >= 4 is 0 Å². The van der Waals surface area contributed by atoms with Crippen LogP contribution in [0.3, 0.4) is 0 Å². The van der Waals surface area contributed by atoms with E-state index in [0.717, 1.165) is 57.7 Å². The lowest BCUT2D eigenvalue weighted by Crippen LogP contribution is -2.44. The minimum atomic E-state index is -0.306. The Morgan fingerprint density at radius 3 is 2.71 bits per heavy atom. The van der Waals surface area contributed by atoms with Gasteiger partial charge in [-0.2, -0.15) is 0 Å². The maximum atomic E-state index is 6.50. The molecule has 2 heterocycles. The Labute approximate surface area is 204 Å². The average Bonchev–Trinajstić information content (AvgIpc) is 3.43. The molecule has 0 radical (unpaired) electrons. The van der Waals surface area contributed by atoms with E-state index in [9.17, 15) is 0 Å². The highest BCUT2D eigenvalue weighted by molar-refractivity contribution is 5.42. The number of nitrogens with zero attached hydrogens (tertiary/aromatic N) is 1. The van der Waals surface area contributed by atoms with Crippen molar-refractivity contribution in [1.82, 2.24) is 4.98 Å². The predicted octanol–water partition coefficient (Wildman–Crippen LogP) is 6.35. The van der Waals surface area contributed by atoms with Crippen molar-refractivity contribution in [3.63, 3.8) is 0 Å². The highest BCUT2D eigenvalue weighted by Crippen LogP contribution is 2.56. The lowest BCUT2D eigenvalue weighted by Gasteiger charge is -2.46. The number of fused-ring (bicyclic) bond motifs is 3.